The normalized spacial score (nSPS) is 23.9. The molecule has 2 rings (SSSR count). The van der Waals surface area contributed by atoms with E-state index in [0.717, 1.165) is 16.3 Å². The molecular weight excluding hydrogens is 558 g/mol. The first-order chi connectivity index (χ1) is 18.1. The Kier molecular flexibility index (Phi) is 12.1. The van der Waals surface area contributed by atoms with E-state index in [-0.39, 0.29) is 23.3 Å². The highest BCUT2D eigenvalue weighted by atomic mass is 32.2. The summed E-state index contributed by atoms with van der Waals surface area (Å²) in [5, 5.41) is 13.0. The van der Waals surface area contributed by atoms with E-state index in [0.29, 0.717) is 0 Å². The molecule has 2 heterocycles. The highest BCUT2D eigenvalue weighted by molar-refractivity contribution is 8.13. The molecule has 0 bridgehead atoms. The molecule has 6 atom stereocenters. The van der Waals surface area contributed by atoms with Crippen molar-refractivity contribution in [3.8, 4) is 0 Å². The van der Waals surface area contributed by atoms with Crippen molar-refractivity contribution >= 4 is 36.4 Å². The summed E-state index contributed by atoms with van der Waals surface area (Å²) in [6.07, 6.45) is -3.07. The Balaban J connectivity index is 2.15. The minimum absolute atomic E-state index is 0.0395. The summed E-state index contributed by atoms with van der Waals surface area (Å²) in [4.78, 5) is 40.3. The largest absolute Gasteiger partial charge is 0.462 e. The van der Waals surface area contributed by atoms with Crippen LogP contribution in [0, 0.1) is 11.3 Å². The highest BCUT2D eigenvalue weighted by Gasteiger charge is 2.46. The molecule has 0 aliphatic carbocycles. The number of esters is 1. The van der Waals surface area contributed by atoms with Gasteiger partial charge in [-0.15, -0.1) is 0 Å². The van der Waals surface area contributed by atoms with Gasteiger partial charge in [0.05, 0.1) is 32.1 Å². The number of nitrogen functional groups attached to an aromatic ring is 1. The van der Waals surface area contributed by atoms with Crippen molar-refractivity contribution in [1.82, 2.24) is 14.6 Å². The number of alkyl halides is 1. The predicted octanol–water partition coefficient (Wildman–Crippen LogP) is 2.05. The van der Waals surface area contributed by atoms with E-state index < -0.39 is 74.6 Å². The van der Waals surface area contributed by atoms with Gasteiger partial charge in [-0.1, -0.05) is 32.5 Å². The average Bonchev–Trinajstić information content (AvgIpc) is 3.14. The summed E-state index contributed by atoms with van der Waals surface area (Å²) >= 11 is 0.991. The van der Waals surface area contributed by atoms with E-state index >= 15 is 0 Å². The molecule has 1 saturated heterocycles. The molecule has 0 aromatic carbocycles. The van der Waals surface area contributed by atoms with Crippen molar-refractivity contribution < 1.29 is 42.2 Å². The number of rotatable bonds is 13. The number of hydrogen-bond acceptors (Lipinski definition) is 12. The summed E-state index contributed by atoms with van der Waals surface area (Å²) in [5.74, 6) is -1.74. The molecule has 1 aromatic heterocycles. The number of hydrogen-bond donors (Lipinski definition) is 3. The van der Waals surface area contributed by atoms with Gasteiger partial charge in [0.15, 0.2) is 11.3 Å². The number of nitrogens with two attached hydrogens (primary N) is 1. The summed E-state index contributed by atoms with van der Waals surface area (Å²) in [6, 6.07) is 0.207. The third kappa shape index (κ3) is 9.62. The lowest BCUT2D eigenvalue weighted by Gasteiger charge is -2.25. The van der Waals surface area contributed by atoms with Crippen molar-refractivity contribution in [2.45, 2.75) is 72.1 Å². The SMILES string of the molecule is CC(C)OC(=O)[C@H](C)N[P@@](=O)(OCCSC(=O)C(C)(C)C)OC[C@H]1O[C@@H](n2ccc(N)nc2=O)[C@H](O)[C@@H]1CF. The number of halogens is 1. The summed E-state index contributed by atoms with van der Waals surface area (Å²) in [7, 11) is -4.25. The molecule has 13 nitrogen and oxygen atoms in total. The summed E-state index contributed by atoms with van der Waals surface area (Å²) < 4.78 is 50.3. The third-order valence-corrected chi connectivity index (χ3v) is 8.44. The second kappa shape index (κ2) is 14.2. The van der Waals surface area contributed by atoms with Gasteiger partial charge in [-0.25, -0.2) is 14.4 Å². The van der Waals surface area contributed by atoms with E-state index in [1.165, 1.54) is 19.2 Å². The van der Waals surface area contributed by atoms with E-state index in [2.05, 4.69) is 10.1 Å². The van der Waals surface area contributed by atoms with Gasteiger partial charge in [0, 0.05) is 23.3 Å². The molecule has 1 aliphatic rings. The number of nitrogens with zero attached hydrogens (tertiary/aromatic N) is 2. The average molecular weight is 597 g/mol. The number of ether oxygens (including phenoxy) is 2. The minimum atomic E-state index is -4.25. The Labute approximate surface area is 230 Å². The van der Waals surface area contributed by atoms with Crippen molar-refractivity contribution in [3.05, 3.63) is 22.7 Å². The molecule has 1 aromatic rings. The van der Waals surface area contributed by atoms with Crippen LogP contribution in [0.25, 0.3) is 0 Å². The number of anilines is 1. The minimum Gasteiger partial charge on any atom is -0.462 e. The summed E-state index contributed by atoms with van der Waals surface area (Å²) in [5.41, 5.74) is 4.10. The Bertz CT molecular complexity index is 1100. The molecular formula is C23H38FN4O9PS. The number of aliphatic hydroxyl groups is 1. The molecule has 0 radical (unpaired) electrons. The highest BCUT2D eigenvalue weighted by Crippen LogP contribution is 2.46. The van der Waals surface area contributed by atoms with Crippen molar-refractivity contribution in [1.29, 1.82) is 0 Å². The predicted molar refractivity (Wildman–Crippen MR) is 143 cm³/mol. The fourth-order valence-electron chi connectivity index (χ4n) is 3.41. The van der Waals surface area contributed by atoms with Crippen LogP contribution in [0.1, 0.15) is 47.8 Å². The van der Waals surface area contributed by atoms with Crippen LogP contribution in [0.5, 0.6) is 0 Å². The maximum absolute atomic E-state index is 13.9. The van der Waals surface area contributed by atoms with Gasteiger partial charge in [0.2, 0.25) is 0 Å². The number of aromatic nitrogens is 2. The molecule has 39 heavy (non-hydrogen) atoms. The van der Waals surface area contributed by atoms with Crippen LogP contribution < -0.4 is 16.5 Å². The topological polar surface area (TPSA) is 181 Å². The van der Waals surface area contributed by atoms with E-state index in [9.17, 15) is 28.4 Å². The Morgan fingerprint density at radius 3 is 2.56 bits per heavy atom. The van der Waals surface area contributed by atoms with Crippen molar-refractivity contribution in [2.24, 2.45) is 11.3 Å². The lowest BCUT2D eigenvalue weighted by Crippen LogP contribution is -2.37. The molecule has 0 amide bonds. The summed E-state index contributed by atoms with van der Waals surface area (Å²) in [6.45, 7) is 8.25. The molecule has 222 valence electrons. The fourth-order valence-corrected chi connectivity index (χ4v) is 5.80. The van der Waals surface area contributed by atoms with Crippen molar-refractivity contribution in [3.63, 3.8) is 0 Å². The van der Waals surface area contributed by atoms with E-state index in [1.807, 2.05) is 0 Å². The molecule has 0 saturated carbocycles. The Morgan fingerprint density at radius 1 is 1.33 bits per heavy atom. The number of aliphatic hydroxyl groups excluding tert-OH is 1. The maximum Gasteiger partial charge on any atom is 0.406 e. The van der Waals surface area contributed by atoms with Gasteiger partial charge in [-0.2, -0.15) is 4.98 Å². The molecule has 1 aliphatic heterocycles. The zero-order chi connectivity index (χ0) is 29.5. The van der Waals surface area contributed by atoms with Crippen molar-refractivity contribution in [2.75, 3.05) is 31.4 Å². The van der Waals surface area contributed by atoms with Crippen LogP contribution in [0.15, 0.2) is 17.1 Å². The first-order valence-corrected chi connectivity index (χ1v) is 14.9. The van der Waals surface area contributed by atoms with Gasteiger partial charge in [-0.05, 0) is 26.8 Å². The zero-order valence-electron chi connectivity index (χ0n) is 22.9. The lowest BCUT2D eigenvalue weighted by atomic mass is 10.00. The van der Waals surface area contributed by atoms with Crippen LogP contribution in [-0.4, -0.2) is 75.7 Å². The van der Waals surface area contributed by atoms with Gasteiger partial charge < -0.3 is 20.3 Å². The fraction of sp³-hybridized carbons (Fsp3) is 0.739. The molecule has 0 spiro atoms. The zero-order valence-corrected chi connectivity index (χ0v) is 24.6. The third-order valence-electron chi connectivity index (χ3n) is 5.48. The first-order valence-electron chi connectivity index (χ1n) is 12.4. The second-order valence-corrected chi connectivity index (χ2v) is 13.1. The van der Waals surface area contributed by atoms with Crippen LogP contribution in [0.2, 0.25) is 0 Å². The van der Waals surface area contributed by atoms with Crippen LogP contribution >= 0.6 is 19.5 Å². The van der Waals surface area contributed by atoms with Crippen LogP contribution in [0.4, 0.5) is 10.2 Å². The van der Waals surface area contributed by atoms with Gasteiger partial charge in [0.25, 0.3) is 0 Å². The number of carbonyl (C=O) groups is 2. The van der Waals surface area contributed by atoms with E-state index in [1.54, 1.807) is 34.6 Å². The number of thioether (sulfide) groups is 1. The van der Waals surface area contributed by atoms with Gasteiger partial charge in [0.1, 0.15) is 18.0 Å². The Hall–Kier alpha value is -1.87. The molecule has 1 fully saturated rings. The molecule has 4 N–H and O–H groups in total. The van der Waals surface area contributed by atoms with Crippen LogP contribution in [0.3, 0.4) is 0 Å². The number of carbonyl (C=O) groups excluding carboxylic acids is 2. The number of nitrogens with one attached hydrogen (secondary N) is 1. The van der Waals surface area contributed by atoms with Crippen LogP contribution in [-0.2, 0) is 32.7 Å². The smallest absolute Gasteiger partial charge is 0.406 e. The molecule has 16 heteroatoms. The van der Waals surface area contributed by atoms with Gasteiger partial charge in [-0.3, -0.25) is 27.6 Å². The maximum atomic E-state index is 13.9. The quantitative estimate of drug-likeness (QED) is 0.171. The first kappa shape index (κ1) is 33.3. The lowest BCUT2D eigenvalue weighted by molar-refractivity contribution is -0.149. The van der Waals surface area contributed by atoms with E-state index in [4.69, 9.17) is 24.3 Å². The standard InChI is InChI=1S/C23H38FN4O9PS/c1-13(2)36-20(30)14(3)27-38(33,34-9-10-39-21(31)23(4,5)6)35-12-16-15(11-24)18(29)19(37-16)28-8-7-17(25)26-22(28)32/h7-8,13-16,18-19,29H,9-12H2,1-6H3,(H,27,33)(H2,25,26,32)/t14-,15+,16+,18+,19+,38+/m0/s1. The molecule has 0 unspecified atom stereocenters. The Morgan fingerprint density at radius 2 is 2.00 bits per heavy atom. The monoisotopic (exact) mass is 596 g/mol. The van der Waals surface area contributed by atoms with Gasteiger partial charge >= 0.3 is 19.4 Å². The second-order valence-electron chi connectivity index (χ2n) is 10.3.